The molecule has 0 spiro atoms. The van der Waals surface area contributed by atoms with Crippen molar-refractivity contribution in [2.75, 3.05) is 18.9 Å². The van der Waals surface area contributed by atoms with Crippen molar-refractivity contribution >= 4 is 23.3 Å². The number of benzene rings is 1. The summed E-state index contributed by atoms with van der Waals surface area (Å²) >= 11 is 6.01. The topological polar surface area (TPSA) is 54.0 Å². The van der Waals surface area contributed by atoms with Gasteiger partial charge in [-0.2, -0.15) is 0 Å². The van der Waals surface area contributed by atoms with Crippen LogP contribution in [0.15, 0.2) is 42.6 Å². The maximum Gasteiger partial charge on any atom is 0.252 e. The predicted molar refractivity (Wildman–Crippen MR) is 85.9 cm³/mol. The Morgan fingerprint density at radius 2 is 2.05 bits per heavy atom. The molecule has 0 fully saturated rings. The first-order valence-electron chi connectivity index (χ1n) is 6.86. The highest BCUT2D eigenvalue weighted by Crippen LogP contribution is 2.17. The minimum absolute atomic E-state index is 0.174. The minimum atomic E-state index is -0.174. The van der Waals surface area contributed by atoms with Crippen molar-refractivity contribution in [3.8, 4) is 0 Å². The van der Waals surface area contributed by atoms with Crippen LogP contribution in [0.5, 0.6) is 0 Å². The summed E-state index contributed by atoms with van der Waals surface area (Å²) < 4.78 is 0. The Morgan fingerprint density at radius 1 is 1.29 bits per heavy atom. The van der Waals surface area contributed by atoms with Gasteiger partial charge in [0, 0.05) is 19.8 Å². The Hall–Kier alpha value is -2.07. The monoisotopic (exact) mass is 303 g/mol. The fourth-order valence-corrected chi connectivity index (χ4v) is 2.17. The summed E-state index contributed by atoms with van der Waals surface area (Å²) in [7, 11) is 1.75. The van der Waals surface area contributed by atoms with Crippen LogP contribution in [-0.4, -0.2) is 24.5 Å². The van der Waals surface area contributed by atoms with Crippen LogP contribution >= 0.6 is 11.6 Å². The van der Waals surface area contributed by atoms with Gasteiger partial charge in [0.05, 0.1) is 10.6 Å². The zero-order valence-corrected chi connectivity index (χ0v) is 12.7. The average molecular weight is 304 g/mol. The van der Waals surface area contributed by atoms with Gasteiger partial charge in [-0.25, -0.2) is 4.98 Å². The van der Waals surface area contributed by atoms with Crippen LogP contribution in [-0.2, 0) is 6.42 Å². The Bertz CT molecular complexity index is 602. The Balaban J connectivity index is 1.84. The van der Waals surface area contributed by atoms with Crippen molar-refractivity contribution in [3.05, 3.63) is 58.7 Å². The van der Waals surface area contributed by atoms with E-state index in [-0.39, 0.29) is 5.91 Å². The van der Waals surface area contributed by atoms with E-state index in [9.17, 15) is 4.79 Å². The normalized spacial score (nSPS) is 10.2. The molecule has 2 aromatic rings. The number of nitrogens with one attached hydrogen (secondary N) is 2. The molecule has 2 N–H and O–H groups in total. The van der Waals surface area contributed by atoms with E-state index in [0.29, 0.717) is 22.9 Å². The smallest absolute Gasteiger partial charge is 0.252 e. The predicted octanol–water partition coefficient (Wildman–Crippen LogP) is 3.14. The third-order valence-corrected chi connectivity index (χ3v) is 3.43. The van der Waals surface area contributed by atoms with Crippen LogP contribution < -0.4 is 10.6 Å². The number of hydrogen-bond acceptors (Lipinski definition) is 3. The second-order valence-electron chi connectivity index (χ2n) is 4.64. The molecule has 110 valence electrons. The van der Waals surface area contributed by atoms with Gasteiger partial charge in [-0.05, 0) is 24.5 Å². The number of amides is 1. The largest absolute Gasteiger partial charge is 0.373 e. The van der Waals surface area contributed by atoms with E-state index in [4.69, 9.17) is 11.6 Å². The molecule has 0 atom stereocenters. The van der Waals surface area contributed by atoms with Gasteiger partial charge in [-0.1, -0.05) is 41.9 Å². The second-order valence-corrected chi connectivity index (χ2v) is 5.05. The molecule has 0 aliphatic carbocycles. The highest BCUT2D eigenvalue weighted by Gasteiger charge is 2.11. The molecule has 0 aliphatic heterocycles. The van der Waals surface area contributed by atoms with Crippen LogP contribution in [0.3, 0.4) is 0 Å². The van der Waals surface area contributed by atoms with Crippen LogP contribution in [0.25, 0.3) is 0 Å². The first kappa shape index (κ1) is 15.3. The maximum absolute atomic E-state index is 12.1. The quantitative estimate of drug-likeness (QED) is 0.806. The molecule has 0 radical (unpaired) electrons. The van der Waals surface area contributed by atoms with Crippen LogP contribution in [0.4, 0.5) is 5.82 Å². The number of nitrogens with zero attached hydrogens (tertiary/aromatic N) is 1. The number of anilines is 1. The molecule has 0 saturated heterocycles. The van der Waals surface area contributed by atoms with Gasteiger partial charge >= 0.3 is 0 Å². The third kappa shape index (κ3) is 4.46. The lowest BCUT2D eigenvalue weighted by Crippen LogP contribution is -2.25. The van der Waals surface area contributed by atoms with Gasteiger partial charge in [0.1, 0.15) is 5.82 Å². The lowest BCUT2D eigenvalue weighted by molar-refractivity contribution is 0.0953. The minimum Gasteiger partial charge on any atom is -0.373 e. The molecule has 0 unspecified atom stereocenters. The second kappa shape index (κ2) is 7.64. The zero-order chi connectivity index (χ0) is 15.1. The summed E-state index contributed by atoms with van der Waals surface area (Å²) in [6.45, 7) is 0.612. The van der Waals surface area contributed by atoms with Crippen LogP contribution in [0.2, 0.25) is 5.02 Å². The van der Waals surface area contributed by atoms with E-state index in [1.807, 2.05) is 18.2 Å². The van der Waals surface area contributed by atoms with Crippen molar-refractivity contribution in [1.29, 1.82) is 0 Å². The van der Waals surface area contributed by atoms with E-state index in [0.717, 1.165) is 12.8 Å². The number of hydrogen-bond donors (Lipinski definition) is 2. The lowest BCUT2D eigenvalue weighted by Gasteiger charge is -2.08. The summed E-state index contributed by atoms with van der Waals surface area (Å²) in [6.07, 6.45) is 3.30. The fraction of sp³-hybridized carbons (Fsp3) is 0.250. The average Bonchev–Trinajstić information content (AvgIpc) is 2.53. The number of aryl methyl sites for hydroxylation is 1. The summed E-state index contributed by atoms with van der Waals surface area (Å²) in [6, 6.07) is 11.8. The van der Waals surface area contributed by atoms with Crippen LogP contribution in [0.1, 0.15) is 22.3 Å². The highest BCUT2D eigenvalue weighted by molar-refractivity contribution is 6.33. The summed E-state index contributed by atoms with van der Waals surface area (Å²) in [5.74, 6) is 0.445. The molecule has 1 heterocycles. The molecule has 0 bridgehead atoms. The first-order valence-corrected chi connectivity index (χ1v) is 7.24. The number of carbonyl (C=O) groups is 1. The zero-order valence-electron chi connectivity index (χ0n) is 11.9. The third-order valence-electron chi connectivity index (χ3n) is 3.13. The van der Waals surface area contributed by atoms with E-state index < -0.39 is 0 Å². The molecule has 4 nitrogen and oxygen atoms in total. The maximum atomic E-state index is 12.1. The van der Waals surface area contributed by atoms with Crippen molar-refractivity contribution < 1.29 is 4.79 Å². The molecular formula is C16H18ClN3O. The van der Waals surface area contributed by atoms with Crippen LogP contribution in [0, 0.1) is 0 Å². The highest BCUT2D eigenvalue weighted by atomic mass is 35.5. The van der Waals surface area contributed by atoms with Gasteiger partial charge in [-0.3, -0.25) is 4.79 Å². The number of aromatic nitrogens is 1. The van der Waals surface area contributed by atoms with Gasteiger partial charge in [-0.15, -0.1) is 0 Å². The van der Waals surface area contributed by atoms with E-state index in [2.05, 4.69) is 27.8 Å². The summed E-state index contributed by atoms with van der Waals surface area (Å²) in [5, 5.41) is 6.13. The standard InChI is InChI=1S/C16H18ClN3O/c1-18-15-10-13(14(17)11-20-15)16(21)19-9-5-8-12-6-3-2-4-7-12/h2-4,6-7,10-11H,5,8-9H2,1H3,(H,18,20)(H,19,21). The Morgan fingerprint density at radius 3 is 2.76 bits per heavy atom. The van der Waals surface area contributed by atoms with Gasteiger partial charge in [0.25, 0.3) is 5.91 Å². The van der Waals surface area contributed by atoms with Crippen molar-refractivity contribution in [2.45, 2.75) is 12.8 Å². The van der Waals surface area contributed by atoms with E-state index in [1.54, 1.807) is 13.1 Å². The molecule has 1 aromatic heterocycles. The first-order chi connectivity index (χ1) is 10.2. The van der Waals surface area contributed by atoms with Gasteiger partial charge in [0.15, 0.2) is 0 Å². The molecule has 1 amide bonds. The lowest BCUT2D eigenvalue weighted by atomic mass is 10.1. The SMILES string of the molecule is CNc1cc(C(=O)NCCCc2ccccc2)c(Cl)cn1. The Labute approximate surface area is 129 Å². The van der Waals surface area contributed by atoms with Gasteiger partial charge in [0.2, 0.25) is 0 Å². The Kier molecular flexibility index (Phi) is 5.58. The van der Waals surface area contributed by atoms with E-state index >= 15 is 0 Å². The van der Waals surface area contributed by atoms with Crippen molar-refractivity contribution in [1.82, 2.24) is 10.3 Å². The summed E-state index contributed by atoms with van der Waals surface area (Å²) in [5.41, 5.74) is 1.71. The molecule has 21 heavy (non-hydrogen) atoms. The number of rotatable bonds is 6. The molecule has 0 saturated carbocycles. The molecule has 1 aromatic carbocycles. The molecule has 2 rings (SSSR count). The van der Waals surface area contributed by atoms with Crippen molar-refractivity contribution in [3.63, 3.8) is 0 Å². The fourth-order valence-electron chi connectivity index (χ4n) is 1.98. The molecule has 0 aliphatic rings. The number of carbonyl (C=O) groups excluding carboxylic acids is 1. The molecular weight excluding hydrogens is 286 g/mol. The summed E-state index contributed by atoms with van der Waals surface area (Å²) in [4.78, 5) is 16.1. The number of halogens is 1. The van der Waals surface area contributed by atoms with E-state index in [1.165, 1.54) is 11.8 Å². The number of pyridine rings is 1. The van der Waals surface area contributed by atoms with Crippen molar-refractivity contribution in [2.24, 2.45) is 0 Å². The van der Waals surface area contributed by atoms with Gasteiger partial charge < -0.3 is 10.6 Å². The molecule has 5 heteroatoms.